The molecule has 1 aromatic carbocycles. The summed E-state index contributed by atoms with van der Waals surface area (Å²) in [6.45, 7) is 3.04. The van der Waals surface area contributed by atoms with E-state index in [0.717, 1.165) is 9.80 Å². The highest BCUT2D eigenvalue weighted by Gasteiger charge is 2.43. The number of nitrogens with zero attached hydrogens (tertiary/aromatic N) is 2. The van der Waals surface area contributed by atoms with Gasteiger partial charge in [0, 0.05) is 17.7 Å². The quantitative estimate of drug-likeness (QED) is 0.464. The van der Waals surface area contributed by atoms with Crippen LogP contribution in [0.25, 0.3) is 0 Å². The Labute approximate surface area is 127 Å². The second-order valence-corrected chi connectivity index (χ2v) is 4.81. The number of Topliss-reactive ketones (excluding diaryl/α,β-unsaturated/α-hetero) is 1. The van der Waals surface area contributed by atoms with Crippen molar-refractivity contribution in [2.24, 2.45) is 0 Å². The Bertz CT molecular complexity index is 668. The van der Waals surface area contributed by atoms with Crippen LogP contribution in [0.1, 0.15) is 29.8 Å². The Morgan fingerprint density at radius 3 is 2.27 bits per heavy atom. The lowest BCUT2D eigenvalue weighted by Crippen LogP contribution is -2.33. The molecule has 0 aliphatic carbocycles. The van der Waals surface area contributed by atoms with Gasteiger partial charge in [0.15, 0.2) is 5.78 Å². The van der Waals surface area contributed by atoms with Gasteiger partial charge in [-0.2, -0.15) is 0 Å². The predicted molar refractivity (Wildman–Crippen MR) is 76.3 cm³/mol. The Morgan fingerprint density at radius 2 is 1.77 bits per heavy atom. The van der Waals surface area contributed by atoms with E-state index in [1.54, 1.807) is 25.1 Å². The van der Waals surface area contributed by atoms with E-state index < -0.39 is 17.8 Å². The number of hydrogen-bond donors (Lipinski definition) is 0. The maximum absolute atomic E-state index is 12.1. The molecule has 0 saturated carbocycles. The summed E-state index contributed by atoms with van der Waals surface area (Å²) < 4.78 is 5.18. The number of ether oxygens (including phenoxy) is 1. The van der Waals surface area contributed by atoms with Crippen LogP contribution >= 0.6 is 0 Å². The number of ketones is 1. The van der Waals surface area contributed by atoms with E-state index in [0.29, 0.717) is 16.9 Å². The highest BCUT2D eigenvalue weighted by atomic mass is 16.5. The normalized spacial score (nSPS) is 14.8. The molecule has 4 amide bonds. The molecular formula is C15H16N2O5. The zero-order valence-corrected chi connectivity index (χ0v) is 12.6. The summed E-state index contributed by atoms with van der Waals surface area (Å²) in [5.74, 6) is -1.42. The highest BCUT2D eigenvalue weighted by molar-refractivity contribution is 6.44. The van der Waals surface area contributed by atoms with Gasteiger partial charge in [-0.05, 0) is 32.0 Å². The van der Waals surface area contributed by atoms with E-state index in [1.165, 1.54) is 14.0 Å². The maximum atomic E-state index is 12.1. The molecule has 1 saturated heterocycles. The molecule has 1 aromatic rings. The first-order valence-electron chi connectivity index (χ1n) is 6.75. The lowest BCUT2D eigenvalue weighted by Gasteiger charge is -2.16. The molecule has 1 aliphatic heterocycles. The third kappa shape index (κ3) is 2.57. The van der Waals surface area contributed by atoms with E-state index in [2.05, 4.69) is 0 Å². The Morgan fingerprint density at radius 1 is 1.14 bits per heavy atom. The van der Waals surface area contributed by atoms with Gasteiger partial charge in [0.25, 0.3) is 0 Å². The van der Waals surface area contributed by atoms with Crippen molar-refractivity contribution < 1.29 is 23.9 Å². The number of urea groups is 1. The highest BCUT2D eigenvalue weighted by Crippen LogP contribution is 2.24. The third-order valence-corrected chi connectivity index (χ3v) is 3.47. The molecule has 116 valence electrons. The molecule has 0 unspecified atom stereocenters. The van der Waals surface area contributed by atoms with Crippen LogP contribution in [-0.4, -0.2) is 47.1 Å². The van der Waals surface area contributed by atoms with Crippen molar-refractivity contribution in [1.29, 1.82) is 0 Å². The molecule has 1 aliphatic rings. The van der Waals surface area contributed by atoms with Crippen molar-refractivity contribution >= 4 is 23.6 Å². The van der Waals surface area contributed by atoms with Gasteiger partial charge in [-0.15, -0.1) is 0 Å². The molecule has 1 fully saturated rings. The maximum Gasteiger partial charge on any atom is 0.334 e. The fourth-order valence-corrected chi connectivity index (χ4v) is 2.26. The average molecular weight is 304 g/mol. The standard InChI is InChI=1S/C15H16N2O5/c1-4-16-13(19)14(20)17(15(16)21)8-11-7-10(9(2)18)5-6-12(11)22-3/h5-7H,4,8H2,1-3H3. The van der Waals surface area contributed by atoms with Gasteiger partial charge < -0.3 is 4.74 Å². The van der Waals surface area contributed by atoms with Crippen LogP contribution in [0.4, 0.5) is 4.79 Å². The monoisotopic (exact) mass is 304 g/mol. The number of carbonyl (C=O) groups is 4. The Hall–Kier alpha value is -2.70. The molecule has 1 heterocycles. The van der Waals surface area contributed by atoms with Gasteiger partial charge in [-0.1, -0.05) is 0 Å². The van der Waals surface area contributed by atoms with Gasteiger partial charge in [0.1, 0.15) is 5.75 Å². The Balaban J connectivity index is 2.36. The molecule has 0 aromatic heterocycles. The van der Waals surface area contributed by atoms with Crippen LogP contribution < -0.4 is 4.74 Å². The van der Waals surface area contributed by atoms with Crippen molar-refractivity contribution in [2.75, 3.05) is 13.7 Å². The first-order chi connectivity index (χ1) is 10.4. The SMILES string of the molecule is CCN1C(=O)C(=O)N(Cc2cc(C(C)=O)ccc2OC)C1=O. The summed E-state index contributed by atoms with van der Waals surface area (Å²) in [6.07, 6.45) is 0. The first kappa shape index (κ1) is 15.7. The number of likely N-dealkylation sites (N-methyl/N-ethyl adjacent to an activating group) is 1. The molecule has 2 rings (SSSR count). The molecule has 0 spiro atoms. The fraction of sp³-hybridized carbons (Fsp3) is 0.333. The second kappa shape index (κ2) is 5.97. The molecule has 0 bridgehead atoms. The van der Waals surface area contributed by atoms with Crippen LogP contribution in [0.5, 0.6) is 5.75 Å². The zero-order chi connectivity index (χ0) is 16.4. The van der Waals surface area contributed by atoms with E-state index >= 15 is 0 Å². The molecular weight excluding hydrogens is 288 g/mol. The van der Waals surface area contributed by atoms with Gasteiger partial charge in [0.05, 0.1) is 13.7 Å². The van der Waals surface area contributed by atoms with Gasteiger partial charge in [-0.3, -0.25) is 24.2 Å². The number of benzene rings is 1. The van der Waals surface area contributed by atoms with Gasteiger partial charge >= 0.3 is 17.8 Å². The molecule has 22 heavy (non-hydrogen) atoms. The van der Waals surface area contributed by atoms with E-state index in [9.17, 15) is 19.2 Å². The average Bonchev–Trinajstić information content (AvgIpc) is 2.70. The van der Waals surface area contributed by atoms with E-state index in [-0.39, 0.29) is 18.9 Å². The number of imide groups is 2. The van der Waals surface area contributed by atoms with Crippen LogP contribution in [-0.2, 0) is 16.1 Å². The largest absolute Gasteiger partial charge is 0.496 e. The summed E-state index contributed by atoms with van der Waals surface area (Å²) >= 11 is 0. The fourth-order valence-electron chi connectivity index (χ4n) is 2.26. The minimum absolute atomic E-state index is 0.121. The van der Waals surface area contributed by atoms with Crippen molar-refractivity contribution in [1.82, 2.24) is 9.80 Å². The Kier molecular flexibility index (Phi) is 4.25. The van der Waals surface area contributed by atoms with E-state index in [4.69, 9.17) is 4.74 Å². The van der Waals surface area contributed by atoms with Gasteiger partial charge in [0.2, 0.25) is 0 Å². The van der Waals surface area contributed by atoms with Crippen LogP contribution in [0, 0.1) is 0 Å². The number of carbonyl (C=O) groups excluding carboxylic acids is 4. The number of methoxy groups -OCH3 is 1. The van der Waals surface area contributed by atoms with Crippen molar-refractivity contribution in [3.05, 3.63) is 29.3 Å². The molecule has 0 N–H and O–H groups in total. The van der Waals surface area contributed by atoms with Crippen LogP contribution in [0.3, 0.4) is 0 Å². The summed E-state index contributed by atoms with van der Waals surface area (Å²) in [5, 5.41) is 0. The minimum atomic E-state index is -0.873. The minimum Gasteiger partial charge on any atom is -0.496 e. The van der Waals surface area contributed by atoms with Crippen molar-refractivity contribution in [3.63, 3.8) is 0 Å². The number of hydrogen-bond acceptors (Lipinski definition) is 5. The zero-order valence-electron chi connectivity index (χ0n) is 12.6. The topological polar surface area (TPSA) is 84.0 Å². The van der Waals surface area contributed by atoms with Crippen LogP contribution in [0.15, 0.2) is 18.2 Å². The summed E-state index contributed by atoms with van der Waals surface area (Å²) in [4.78, 5) is 48.9. The second-order valence-electron chi connectivity index (χ2n) is 4.81. The number of amides is 4. The van der Waals surface area contributed by atoms with Crippen LogP contribution in [0.2, 0.25) is 0 Å². The lowest BCUT2D eigenvalue weighted by atomic mass is 10.1. The summed E-state index contributed by atoms with van der Waals surface area (Å²) in [6, 6.07) is 4.09. The number of rotatable bonds is 5. The lowest BCUT2D eigenvalue weighted by molar-refractivity contribution is -0.143. The molecule has 7 heteroatoms. The first-order valence-corrected chi connectivity index (χ1v) is 6.75. The van der Waals surface area contributed by atoms with Crippen molar-refractivity contribution in [2.45, 2.75) is 20.4 Å². The predicted octanol–water partition coefficient (Wildman–Crippen LogP) is 1.21. The molecule has 0 radical (unpaired) electrons. The summed E-state index contributed by atoms with van der Waals surface area (Å²) in [7, 11) is 1.45. The molecule has 7 nitrogen and oxygen atoms in total. The molecule has 0 atom stereocenters. The van der Waals surface area contributed by atoms with Crippen molar-refractivity contribution in [3.8, 4) is 5.75 Å². The smallest absolute Gasteiger partial charge is 0.334 e. The summed E-state index contributed by atoms with van der Waals surface area (Å²) in [5.41, 5.74) is 0.927. The third-order valence-electron chi connectivity index (χ3n) is 3.47. The van der Waals surface area contributed by atoms with Gasteiger partial charge in [-0.25, -0.2) is 4.79 Å². The van der Waals surface area contributed by atoms with E-state index in [1.807, 2.05) is 0 Å².